The van der Waals surface area contributed by atoms with Gasteiger partial charge in [-0.3, -0.25) is 9.52 Å². The summed E-state index contributed by atoms with van der Waals surface area (Å²) in [6.07, 6.45) is -0.618. The van der Waals surface area contributed by atoms with Crippen LogP contribution < -0.4 is 24.2 Å². The molecule has 0 unspecified atom stereocenters. The molecule has 2 aliphatic heterocycles. The summed E-state index contributed by atoms with van der Waals surface area (Å²) in [6, 6.07) is 17.1. The van der Waals surface area contributed by atoms with Crippen molar-refractivity contribution < 1.29 is 37.3 Å². The molecule has 13 heteroatoms. The quantitative estimate of drug-likeness (QED) is 0.345. The summed E-state index contributed by atoms with van der Waals surface area (Å²) in [5.74, 6) is 1.08. The number of carbonyl (C=O) groups is 2. The predicted molar refractivity (Wildman–Crippen MR) is 163 cm³/mol. The molecule has 5 rings (SSSR count). The SMILES string of the molecule is C[C@@H]1CN([C@@H](C)CO)C(=O)Cc2cc(NS(=O)(=O)c3ccccc3)ccc2O[C@H]1CN(C)C(=O)Nc1ccc2c(c1)OCO2. The van der Waals surface area contributed by atoms with E-state index >= 15 is 0 Å². The van der Waals surface area contributed by atoms with Crippen molar-refractivity contribution in [2.45, 2.75) is 37.3 Å². The lowest BCUT2D eigenvalue weighted by Gasteiger charge is -2.34. The van der Waals surface area contributed by atoms with E-state index < -0.39 is 22.2 Å². The molecule has 2 heterocycles. The summed E-state index contributed by atoms with van der Waals surface area (Å²) >= 11 is 0. The largest absolute Gasteiger partial charge is 0.488 e. The molecule has 12 nitrogen and oxygen atoms in total. The van der Waals surface area contributed by atoms with E-state index in [0.717, 1.165) is 0 Å². The Hall–Kier alpha value is -4.49. The van der Waals surface area contributed by atoms with E-state index in [9.17, 15) is 23.1 Å². The van der Waals surface area contributed by atoms with Crippen molar-refractivity contribution in [3.8, 4) is 17.2 Å². The number of rotatable bonds is 8. The second kappa shape index (κ2) is 13.0. The van der Waals surface area contributed by atoms with Crippen LogP contribution in [0, 0.1) is 5.92 Å². The predicted octanol–water partition coefficient (Wildman–Crippen LogP) is 3.53. The first-order valence-electron chi connectivity index (χ1n) is 14.2. The second-order valence-electron chi connectivity index (χ2n) is 11.0. The highest BCUT2D eigenvalue weighted by molar-refractivity contribution is 7.92. The molecule has 0 saturated heterocycles. The summed E-state index contributed by atoms with van der Waals surface area (Å²) in [5, 5.41) is 12.8. The maximum absolute atomic E-state index is 13.5. The molecule has 0 aromatic heterocycles. The van der Waals surface area contributed by atoms with Crippen LogP contribution in [0.5, 0.6) is 17.2 Å². The second-order valence-corrected chi connectivity index (χ2v) is 12.7. The third-order valence-electron chi connectivity index (χ3n) is 7.65. The van der Waals surface area contributed by atoms with Gasteiger partial charge in [0.15, 0.2) is 11.5 Å². The Labute approximate surface area is 256 Å². The molecule has 0 fully saturated rings. The van der Waals surface area contributed by atoms with Gasteiger partial charge in [-0.2, -0.15) is 0 Å². The first-order chi connectivity index (χ1) is 21.0. The topological polar surface area (TPSA) is 147 Å². The number of fused-ring (bicyclic) bond motifs is 2. The van der Waals surface area contributed by atoms with E-state index in [1.165, 1.54) is 17.0 Å². The van der Waals surface area contributed by atoms with Gasteiger partial charge in [0.05, 0.1) is 30.5 Å². The lowest BCUT2D eigenvalue weighted by Crippen LogP contribution is -2.48. The molecule has 3 amide bonds. The number of hydrogen-bond acceptors (Lipinski definition) is 8. The molecule has 3 N–H and O–H groups in total. The Bertz CT molecular complexity index is 1620. The molecule has 3 atom stereocenters. The Kier molecular flexibility index (Phi) is 9.16. The minimum absolute atomic E-state index is 0.0690. The molecule has 234 valence electrons. The number of likely N-dealkylation sites (N-methyl/N-ethyl adjacent to an activating group) is 1. The van der Waals surface area contributed by atoms with Crippen molar-refractivity contribution in [1.29, 1.82) is 0 Å². The molecular formula is C31H36N4O8S. The van der Waals surface area contributed by atoms with Crippen molar-refractivity contribution in [2.75, 3.05) is 43.6 Å². The van der Waals surface area contributed by atoms with Gasteiger partial charge in [-0.25, -0.2) is 13.2 Å². The van der Waals surface area contributed by atoms with E-state index in [0.29, 0.717) is 28.5 Å². The molecule has 3 aromatic carbocycles. The van der Waals surface area contributed by atoms with Crippen LogP contribution in [0.2, 0.25) is 0 Å². The fraction of sp³-hybridized carbons (Fsp3) is 0.355. The van der Waals surface area contributed by atoms with Gasteiger partial charge in [-0.1, -0.05) is 25.1 Å². The molecule has 3 aromatic rings. The average Bonchev–Trinajstić information content (AvgIpc) is 3.49. The number of aliphatic hydroxyl groups excluding tert-OH is 1. The number of benzene rings is 3. The van der Waals surface area contributed by atoms with E-state index in [1.807, 2.05) is 6.92 Å². The van der Waals surface area contributed by atoms with Crippen LogP contribution in [0.1, 0.15) is 19.4 Å². The van der Waals surface area contributed by atoms with E-state index in [4.69, 9.17) is 14.2 Å². The first-order valence-corrected chi connectivity index (χ1v) is 15.7. The van der Waals surface area contributed by atoms with Gasteiger partial charge in [0, 0.05) is 42.5 Å². The van der Waals surface area contributed by atoms with Crippen LogP contribution in [0.25, 0.3) is 0 Å². The van der Waals surface area contributed by atoms with Gasteiger partial charge in [0.2, 0.25) is 12.7 Å². The Morgan fingerprint density at radius 1 is 1.05 bits per heavy atom. The van der Waals surface area contributed by atoms with Gasteiger partial charge in [-0.15, -0.1) is 0 Å². The van der Waals surface area contributed by atoms with Crippen LogP contribution in [0.15, 0.2) is 71.6 Å². The molecule has 2 aliphatic rings. The number of sulfonamides is 1. The summed E-state index contributed by atoms with van der Waals surface area (Å²) in [4.78, 5) is 29.8. The normalized spacial score (nSPS) is 18.6. The fourth-order valence-corrected chi connectivity index (χ4v) is 6.14. The van der Waals surface area contributed by atoms with Crippen LogP contribution >= 0.6 is 0 Å². The van der Waals surface area contributed by atoms with Crippen molar-refractivity contribution in [3.63, 3.8) is 0 Å². The summed E-state index contributed by atoms with van der Waals surface area (Å²) in [6.45, 7) is 4.03. The lowest BCUT2D eigenvalue weighted by atomic mass is 10.0. The number of nitrogens with one attached hydrogen (secondary N) is 2. The molecule has 0 spiro atoms. The highest BCUT2D eigenvalue weighted by atomic mass is 32.2. The summed E-state index contributed by atoms with van der Waals surface area (Å²) < 4.78 is 45.7. The number of ether oxygens (including phenoxy) is 3. The third-order valence-corrected chi connectivity index (χ3v) is 9.04. The number of anilines is 2. The maximum Gasteiger partial charge on any atom is 0.321 e. The average molecular weight is 625 g/mol. The summed E-state index contributed by atoms with van der Waals surface area (Å²) in [5.41, 5.74) is 1.29. The van der Waals surface area contributed by atoms with Gasteiger partial charge >= 0.3 is 6.03 Å². The monoisotopic (exact) mass is 624 g/mol. The zero-order chi connectivity index (χ0) is 31.4. The molecule has 0 bridgehead atoms. The van der Waals surface area contributed by atoms with Gasteiger partial charge in [0.1, 0.15) is 11.9 Å². The van der Waals surface area contributed by atoms with Crippen LogP contribution in [-0.2, 0) is 21.2 Å². The molecular weight excluding hydrogens is 588 g/mol. The van der Waals surface area contributed by atoms with Crippen LogP contribution in [0.3, 0.4) is 0 Å². The van der Waals surface area contributed by atoms with E-state index in [-0.39, 0.29) is 61.3 Å². The molecule has 0 radical (unpaired) electrons. The molecule has 0 aliphatic carbocycles. The van der Waals surface area contributed by atoms with Gasteiger partial charge < -0.3 is 34.4 Å². The standard InChI is InChI=1S/C31H36N4O8S/c1-20-16-35(21(2)18-36)30(37)14-22-13-24(33-44(39,40)25-7-5-4-6-8-25)10-11-26(22)43-29(20)17-34(3)31(38)32-23-9-12-27-28(15-23)42-19-41-27/h4-13,15,20-21,29,33,36H,14,16-19H2,1-3H3,(H,32,38)/t20-,21+,29+/m1/s1. The van der Waals surface area contributed by atoms with Crippen molar-refractivity contribution in [2.24, 2.45) is 5.92 Å². The Morgan fingerprint density at radius 3 is 2.50 bits per heavy atom. The number of aliphatic hydroxyl groups is 1. The number of hydrogen-bond donors (Lipinski definition) is 3. The van der Waals surface area contributed by atoms with Crippen molar-refractivity contribution >= 4 is 33.3 Å². The fourth-order valence-electron chi connectivity index (χ4n) is 5.07. The van der Waals surface area contributed by atoms with Crippen molar-refractivity contribution in [3.05, 3.63) is 72.3 Å². The van der Waals surface area contributed by atoms with Crippen LogP contribution in [0.4, 0.5) is 16.2 Å². The molecule has 0 saturated carbocycles. The van der Waals surface area contributed by atoms with E-state index in [2.05, 4.69) is 10.0 Å². The third kappa shape index (κ3) is 7.00. The highest BCUT2D eigenvalue weighted by Crippen LogP contribution is 2.34. The first kappa shape index (κ1) is 31.0. The van der Waals surface area contributed by atoms with Gasteiger partial charge in [-0.05, 0) is 49.4 Å². The van der Waals surface area contributed by atoms with Gasteiger partial charge in [0.25, 0.3) is 10.0 Å². The Morgan fingerprint density at radius 2 is 1.75 bits per heavy atom. The zero-order valence-corrected chi connectivity index (χ0v) is 25.5. The van der Waals surface area contributed by atoms with Crippen molar-refractivity contribution in [1.82, 2.24) is 9.80 Å². The number of carbonyl (C=O) groups excluding carboxylic acids is 2. The highest BCUT2D eigenvalue weighted by Gasteiger charge is 2.32. The van der Waals surface area contributed by atoms with Crippen LogP contribution in [-0.4, -0.2) is 80.9 Å². The number of urea groups is 1. The summed E-state index contributed by atoms with van der Waals surface area (Å²) in [7, 11) is -2.22. The zero-order valence-electron chi connectivity index (χ0n) is 24.7. The minimum atomic E-state index is -3.86. The minimum Gasteiger partial charge on any atom is -0.488 e. The Balaban J connectivity index is 1.38. The lowest BCUT2D eigenvalue weighted by molar-refractivity contribution is -0.134. The van der Waals surface area contributed by atoms with E-state index in [1.54, 1.807) is 73.5 Å². The smallest absolute Gasteiger partial charge is 0.321 e. The number of amides is 3. The number of nitrogens with zero attached hydrogens (tertiary/aromatic N) is 2. The maximum atomic E-state index is 13.5. The molecule has 44 heavy (non-hydrogen) atoms.